The number of aromatic nitrogens is 5. The number of primary amides is 1. The van der Waals surface area contributed by atoms with Crippen molar-refractivity contribution in [2.45, 2.75) is 46.6 Å². The van der Waals surface area contributed by atoms with Crippen LogP contribution in [0.15, 0.2) is 15.7 Å². The number of H-pyrrole nitrogens is 2. The Balaban J connectivity index is 2.27. The van der Waals surface area contributed by atoms with Crippen molar-refractivity contribution in [3.8, 4) is 0 Å². The first-order valence-electron chi connectivity index (χ1n) is 9.49. The van der Waals surface area contributed by atoms with Gasteiger partial charge in [-0.2, -0.15) is 5.10 Å². The molecule has 2 amide bonds. The van der Waals surface area contributed by atoms with Gasteiger partial charge in [0.25, 0.3) is 17.4 Å². The average molecular weight is 413 g/mol. The van der Waals surface area contributed by atoms with E-state index in [4.69, 9.17) is 5.73 Å². The molecule has 3 rings (SSSR count). The van der Waals surface area contributed by atoms with Crippen LogP contribution in [-0.4, -0.2) is 36.5 Å². The van der Waals surface area contributed by atoms with Gasteiger partial charge in [-0.05, 0) is 25.3 Å². The second kappa shape index (κ2) is 7.93. The number of nitrogens with zero attached hydrogens (tertiary/aromatic N) is 3. The van der Waals surface area contributed by atoms with Gasteiger partial charge in [-0.1, -0.05) is 20.8 Å². The summed E-state index contributed by atoms with van der Waals surface area (Å²) in [6, 6.07) is 1.51. The topological polar surface area (TPSA) is 169 Å². The molecule has 0 saturated heterocycles. The molecule has 11 heteroatoms. The van der Waals surface area contributed by atoms with Gasteiger partial charge in [-0.15, -0.1) is 0 Å². The normalized spacial score (nSPS) is 11.2. The monoisotopic (exact) mass is 413 g/mol. The Hall–Kier alpha value is -3.76. The standard InChI is InChI=1S/C19H23N7O4/c1-5-6-26-16-12(18(29)23-19(26)30)10(7-11(21-16)8(2)3)17(28)22-13-9(4)24-25-14(13)15(20)27/h7-8H,5-6H2,1-4H3,(H2,20,27)(H,22,28)(H,24,25)(H,23,29,30). The Bertz CT molecular complexity index is 1270. The van der Waals surface area contributed by atoms with Crippen LogP contribution >= 0.6 is 0 Å². The molecule has 3 heterocycles. The average Bonchev–Trinajstić information content (AvgIpc) is 3.04. The van der Waals surface area contributed by atoms with Crippen molar-refractivity contribution in [2.24, 2.45) is 5.73 Å². The minimum Gasteiger partial charge on any atom is -0.364 e. The summed E-state index contributed by atoms with van der Waals surface area (Å²) in [6.07, 6.45) is 0.631. The largest absolute Gasteiger partial charge is 0.364 e. The van der Waals surface area contributed by atoms with Gasteiger partial charge in [0, 0.05) is 12.2 Å². The van der Waals surface area contributed by atoms with Gasteiger partial charge in [-0.3, -0.25) is 29.0 Å². The van der Waals surface area contributed by atoms with Crippen molar-refractivity contribution < 1.29 is 9.59 Å². The van der Waals surface area contributed by atoms with E-state index in [1.807, 2.05) is 20.8 Å². The highest BCUT2D eigenvalue weighted by Crippen LogP contribution is 2.23. The minimum absolute atomic E-state index is 0.00766. The number of pyridine rings is 1. The van der Waals surface area contributed by atoms with E-state index in [0.717, 1.165) is 0 Å². The molecular formula is C19H23N7O4. The number of nitrogens with two attached hydrogens (primary N) is 1. The maximum atomic E-state index is 13.2. The van der Waals surface area contributed by atoms with Gasteiger partial charge >= 0.3 is 5.69 Å². The van der Waals surface area contributed by atoms with E-state index in [2.05, 4.69) is 25.5 Å². The van der Waals surface area contributed by atoms with Crippen LogP contribution < -0.4 is 22.3 Å². The third kappa shape index (κ3) is 3.61. The molecule has 0 saturated carbocycles. The highest BCUT2D eigenvalue weighted by Gasteiger charge is 2.23. The highest BCUT2D eigenvalue weighted by atomic mass is 16.2. The lowest BCUT2D eigenvalue weighted by Gasteiger charge is -2.14. The van der Waals surface area contributed by atoms with Gasteiger partial charge in [0.15, 0.2) is 11.3 Å². The zero-order valence-corrected chi connectivity index (χ0v) is 17.1. The summed E-state index contributed by atoms with van der Waals surface area (Å²) in [5, 5.41) is 8.99. The summed E-state index contributed by atoms with van der Waals surface area (Å²) in [6.45, 7) is 7.60. The summed E-state index contributed by atoms with van der Waals surface area (Å²) in [4.78, 5) is 56.5. The Morgan fingerprint density at radius 2 is 2.00 bits per heavy atom. The summed E-state index contributed by atoms with van der Waals surface area (Å²) >= 11 is 0. The Morgan fingerprint density at radius 1 is 1.30 bits per heavy atom. The molecule has 0 unspecified atom stereocenters. The molecule has 5 N–H and O–H groups in total. The van der Waals surface area contributed by atoms with Crippen LogP contribution in [0, 0.1) is 6.92 Å². The highest BCUT2D eigenvalue weighted by molar-refractivity contribution is 6.13. The molecule has 11 nitrogen and oxygen atoms in total. The quantitative estimate of drug-likeness (QED) is 0.470. The SMILES string of the molecule is CCCn1c(=O)[nH]c(=O)c2c(C(=O)Nc3c(C(N)=O)n[nH]c3C)cc(C(C)C)nc21. The number of aromatic amines is 2. The first-order valence-corrected chi connectivity index (χ1v) is 9.49. The van der Waals surface area contributed by atoms with Crippen LogP contribution in [0.3, 0.4) is 0 Å². The molecule has 30 heavy (non-hydrogen) atoms. The molecule has 0 aliphatic carbocycles. The molecule has 0 radical (unpaired) electrons. The van der Waals surface area contributed by atoms with E-state index < -0.39 is 23.1 Å². The van der Waals surface area contributed by atoms with E-state index in [0.29, 0.717) is 24.4 Å². The predicted molar refractivity (Wildman–Crippen MR) is 111 cm³/mol. The number of hydrogen-bond donors (Lipinski definition) is 4. The minimum atomic E-state index is -0.813. The number of aryl methyl sites for hydroxylation is 2. The summed E-state index contributed by atoms with van der Waals surface area (Å²) in [7, 11) is 0. The van der Waals surface area contributed by atoms with Crippen LogP contribution in [0.25, 0.3) is 11.0 Å². The third-order valence-corrected chi connectivity index (χ3v) is 4.67. The Labute approximate surface area is 170 Å². The second-order valence-electron chi connectivity index (χ2n) is 7.25. The van der Waals surface area contributed by atoms with E-state index in [1.165, 1.54) is 10.6 Å². The Morgan fingerprint density at radius 3 is 2.60 bits per heavy atom. The fraction of sp³-hybridized carbons (Fsp3) is 0.368. The van der Waals surface area contributed by atoms with Crippen LogP contribution in [0.5, 0.6) is 0 Å². The van der Waals surface area contributed by atoms with Crippen LogP contribution in [-0.2, 0) is 6.54 Å². The smallest absolute Gasteiger partial charge is 0.329 e. The number of carbonyl (C=O) groups excluding carboxylic acids is 2. The van der Waals surface area contributed by atoms with Gasteiger partial charge in [0.2, 0.25) is 0 Å². The van der Waals surface area contributed by atoms with Gasteiger partial charge in [0.1, 0.15) is 0 Å². The number of anilines is 1. The fourth-order valence-corrected chi connectivity index (χ4v) is 3.14. The molecule has 0 aliphatic heterocycles. The lowest BCUT2D eigenvalue weighted by atomic mass is 10.0. The zero-order chi connectivity index (χ0) is 22.2. The number of hydrogen-bond acceptors (Lipinski definition) is 6. The molecule has 0 atom stereocenters. The molecule has 3 aromatic rings. The fourth-order valence-electron chi connectivity index (χ4n) is 3.14. The number of amides is 2. The van der Waals surface area contributed by atoms with Gasteiger partial charge in [-0.25, -0.2) is 9.78 Å². The molecule has 0 spiro atoms. The number of fused-ring (bicyclic) bond motifs is 1. The van der Waals surface area contributed by atoms with E-state index in [-0.39, 0.29) is 33.9 Å². The first-order chi connectivity index (χ1) is 14.1. The summed E-state index contributed by atoms with van der Waals surface area (Å²) < 4.78 is 1.34. The predicted octanol–water partition coefficient (Wildman–Crippen LogP) is 1.00. The van der Waals surface area contributed by atoms with Gasteiger partial charge < -0.3 is 11.1 Å². The third-order valence-electron chi connectivity index (χ3n) is 4.67. The molecular weight excluding hydrogens is 390 g/mol. The van der Waals surface area contributed by atoms with Gasteiger partial charge in [0.05, 0.1) is 22.3 Å². The maximum Gasteiger partial charge on any atom is 0.329 e. The Kier molecular flexibility index (Phi) is 5.54. The summed E-state index contributed by atoms with van der Waals surface area (Å²) in [5.41, 5.74) is 5.16. The van der Waals surface area contributed by atoms with Crippen molar-refractivity contribution in [1.82, 2.24) is 24.7 Å². The van der Waals surface area contributed by atoms with Crippen LogP contribution in [0.4, 0.5) is 5.69 Å². The lowest BCUT2D eigenvalue weighted by molar-refractivity contribution is 0.0996. The molecule has 0 aliphatic rings. The lowest BCUT2D eigenvalue weighted by Crippen LogP contribution is -2.32. The van der Waals surface area contributed by atoms with Crippen molar-refractivity contribution in [3.05, 3.63) is 49.5 Å². The maximum absolute atomic E-state index is 13.2. The van der Waals surface area contributed by atoms with Crippen molar-refractivity contribution in [2.75, 3.05) is 5.32 Å². The van der Waals surface area contributed by atoms with Crippen LogP contribution in [0.1, 0.15) is 65.3 Å². The van der Waals surface area contributed by atoms with E-state index in [1.54, 1.807) is 6.92 Å². The molecule has 158 valence electrons. The van der Waals surface area contributed by atoms with Crippen LogP contribution in [0.2, 0.25) is 0 Å². The molecule has 0 aromatic carbocycles. The van der Waals surface area contributed by atoms with Crippen molar-refractivity contribution >= 4 is 28.5 Å². The first kappa shape index (κ1) is 21.0. The zero-order valence-electron chi connectivity index (χ0n) is 17.1. The molecule has 0 bridgehead atoms. The molecule has 3 aromatic heterocycles. The van der Waals surface area contributed by atoms with Crippen molar-refractivity contribution in [3.63, 3.8) is 0 Å². The second-order valence-corrected chi connectivity index (χ2v) is 7.25. The van der Waals surface area contributed by atoms with E-state index >= 15 is 0 Å². The molecule has 0 fully saturated rings. The van der Waals surface area contributed by atoms with Crippen molar-refractivity contribution in [1.29, 1.82) is 0 Å². The summed E-state index contributed by atoms with van der Waals surface area (Å²) in [5.74, 6) is -1.53. The number of nitrogens with one attached hydrogen (secondary N) is 3. The van der Waals surface area contributed by atoms with E-state index in [9.17, 15) is 19.2 Å². The number of rotatable bonds is 6. The number of carbonyl (C=O) groups is 2.